The van der Waals surface area contributed by atoms with E-state index in [0.717, 1.165) is 43.0 Å². The number of nitrogens with zero attached hydrogens (tertiary/aromatic N) is 2. The van der Waals surface area contributed by atoms with Crippen LogP contribution in [0.15, 0.2) is 54.6 Å². The van der Waals surface area contributed by atoms with E-state index in [9.17, 15) is 9.59 Å². The number of rotatable bonds is 15. The average molecular weight is 507 g/mol. The Morgan fingerprint density at radius 1 is 0.649 bits per heavy atom. The maximum Gasteiger partial charge on any atom is 0.321 e. The van der Waals surface area contributed by atoms with E-state index in [2.05, 4.69) is 34.6 Å². The molecule has 3 rings (SSSR count). The third-order valence-electron chi connectivity index (χ3n) is 7.12. The number of hydrogen-bond acceptors (Lipinski definition) is 3. The summed E-state index contributed by atoms with van der Waals surface area (Å²) in [4.78, 5) is 29.0. The summed E-state index contributed by atoms with van der Waals surface area (Å²) >= 11 is 0. The monoisotopic (exact) mass is 506 g/mol. The fraction of sp³-hybridized carbons (Fsp3) is 0.548. The zero-order valence-electron chi connectivity index (χ0n) is 22.7. The van der Waals surface area contributed by atoms with Crippen LogP contribution in [-0.4, -0.2) is 43.0 Å². The third-order valence-corrected chi connectivity index (χ3v) is 7.12. The molecule has 37 heavy (non-hydrogen) atoms. The molecule has 1 aliphatic heterocycles. The predicted molar refractivity (Wildman–Crippen MR) is 155 cm³/mol. The van der Waals surface area contributed by atoms with Gasteiger partial charge in [0, 0.05) is 49.7 Å². The average Bonchev–Trinajstić information content (AvgIpc) is 2.93. The Labute approximate surface area is 223 Å². The molecule has 0 aliphatic carbocycles. The minimum atomic E-state index is -0.0540. The van der Waals surface area contributed by atoms with Gasteiger partial charge in [0.2, 0.25) is 5.91 Å². The number of carbonyl (C=O) groups is 2. The molecule has 0 spiro atoms. The highest BCUT2D eigenvalue weighted by atomic mass is 16.2. The highest BCUT2D eigenvalue weighted by Gasteiger charge is 2.21. The molecule has 0 atom stereocenters. The molecule has 1 fully saturated rings. The van der Waals surface area contributed by atoms with Crippen LogP contribution < -0.4 is 15.5 Å². The number of hydrogen-bond donors (Lipinski definition) is 2. The van der Waals surface area contributed by atoms with Crippen LogP contribution in [-0.2, 0) is 4.79 Å². The summed E-state index contributed by atoms with van der Waals surface area (Å²) in [5.74, 6) is 0.0988. The van der Waals surface area contributed by atoms with Gasteiger partial charge in [0.05, 0.1) is 0 Å². The molecule has 1 saturated heterocycles. The number of amides is 3. The topological polar surface area (TPSA) is 64.7 Å². The molecule has 0 saturated carbocycles. The number of urea groups is 1. The third kappa shape index (κ3) is 10.9. The van der Waals surface area contributed by atoms with Crippen molar-refractivity contribution in [3.05, 3.63) is 54.6 Å². The van der Waals surface area contributed by atoms with E-state index in [-0.39, 0.29) is 11.9 Å². The summed E-state index contributed by atoms with van der Waals surface area (Å²) in [5, 5.41) is 5.99. The highest BCUT2D eigenvalue weighted by Crippen LogP contribution is 2.20. The predicted octanol–water partition coefficient (Wildman–Crippen LogP) is 7.68. The van der Waals surface area contributed by atoms with Crippen LogP contribution in [0.1, 0.15) is 84.0 Å². The van der Waals surface area contributed by atoms with E-state index in [4.69, 9.17) is 0 Å². The maximum atomic E-state index is 12.5. The van der Waals surface area contributed by atoms with Crippen LogP contribution in [0.4, 0.5) is 21.9 Å². The van der Waals surface area contributed by atoms with Crippen molar-refractivity contribution in [1.82, 2.24) is 4.90 Å². The lowest BCUT2D eigenvalue weighted by Gasteiger charge is -2.36. The summed E-state index contributed by atoms with van der Waals surface area (Å²) in [6.07, 6.45) is 14.8. The summed E-state index contributed by atoms with van der Waals surface area (Å²) in [5.41, 5.74) is 2.78. The second-order valence-electron chi connectivity index (χ2n) is 10.2. The largest absolute Gasteiger partial charge is 0.368 e. The smallest absolute Gasteiger partial charge is 0.321 e. The lowest BCUT2D eigenvalue weighted by Crippen LogP contribution is -2.50. The summed E-state index contributed by atoms with van der Waals surface area (Å²) < 4.78 is 0. The van der Waals surface area contributed by atoms with Gasteiger partial charge in [-0.3, -0.25) is 4.79 Å². The van der Waals surface area contributed by atoms with Crippen molar-refractivity contribution in [2.75, 3.05) is 41.7 Å². The Kier molecular flexibility index (Phi) is 12.9. The Bertz CT molecular complexity index is 909. The lowest BCUT2D eigenvalue weighted by molar-refractivity contribution is -0.116. The number of para-hydroxylation sites is 1. The Morgan fingerprint density at radius 3 is 1.78 bits per heavy atom. The molecule has 2 aromatic carbocycles. The van der Waals surface area contributed by atoms with Crippen LogP contribution in [0.2, 0.25) is 0 Å². The molecular weight excluding hydrogens is 460 g/mol. The number of nitrogens with one attached hydrogen (secondary N) is 2. The van der Waals surface area contributed by atoms with Gasteiger partial charge in [-0.2, -0.15) is 0 Å². The van der Waals surface area contributed by atoms with Crippen molar-refractivity contribution in [2.24, 2.45) is 0 Å². The fourth-order valence-corrected chi connectivity index (χ4v) is 4.82. The molecular formula is C31H46N4O2. The molecule has 6 heteroatoms. The van der Waals surface area contributed by atoms with Crippen molar-refractivity contribution in [3.63, 3.8) is 0 Å². The van der Waals surface area contributed by atoms with Crippen molar-refractivity contribution >= 4 is 29.0 Å². The number of piperazine rings is 1. The zero-order valence-corrected chi connectivity index (χ0v) is 22.7. The fourth-order valence-electron chi connectivity index (χ4n) is 4.82. The first kappa shape index (κ1) is 28.5. The first-order valence-corrected chi connectivity index (χ1v) is 14.4. The lowest BCUT2D eigenvalue weighted by atomic mass is 10.1. The quantitative estimate of drug-likeness (QED) is 0.243. The van der Waals surface area contributed by atoms with E-state index < -0.39 is 0 Å². The van der Waals surface area contributed by atoms with Crippen molar-refractivity contribution in [2.45, 2.75) is 84.0 Å². The van der Waals surface area contributed by atoms with E-state index in [1.54, 1.807) is 0 Å². The van der Waals surface area contributed by atoms with E-state index >= 15 is 0 Å². The molecule has 0 unspecified atom stereocenters. The van der Waals surface area contributed by atoms with Crippen molar-refractivity contribution in [3.8, 4) is 0 Å². The molecule has 202 valence electrons. The van der Waals surface area contributed by atoms with Gasteiger partial charge in [-0.05, 0) is 42.8 Å². The molecule has 0 bridgehead atoms. The van der Waals surface area contributed by atoms with Crippen LogP contribution in [0.5, 0.6) is 0 Å². The molecule has 2 aromatic rings. The normalized spacial score (nSPS) is 13.4. The van der Waals surface area contributed by atoms with E-state index in [1.807, 2.05) is 47.4 Å². The standard InChI is InChI=1S/C31H46N4O2/c1-2-3-4-5-6-7-8-9-10-11-15-18-30(36)32-28-19-21-29(22-20-28)34-23-25-35(26-24-34)31(37)33-27-16-13-12-14-17-27/h12-14,16-17,19-22H,2-11,15,18,23-26H2,1H3,(H,32,36)(H,33,37). The van der Waals surface area contributed by atoms with E-state index in [0.29, 0.717) is 19.5 Å². The number of benzene rings is 2. The molecule has 1 aliphatic rings. The van der Waals surface area contributed by atoms with Gasteiger partial charge in [0.1, 0.15) is 0 Å². The Hall–Kier alpha value is -3.02. The minimum absolute atomic E-state index is 0.0540. The molecule has 1 heterocycles. The molecule has 6 nitrogen and oxygen atoms in total. The van der Waals surface area contributed by atoms with Crippen LogP contribution in [0, 0.1) is 0 Å². The highest BCUT2D eigenvalue weighted by molar-refractivity contribution is 5.91. The van der Waals surface area contributed by atoms with Gasteiger partial charge in [0.15, 0.2) is 0 Å². The Morgan fingerprint density at radius 2 is 1.19 bits per heavy atom. The van der Waals surface area contributed by atoms with Crippen LogP contribution >= 0.6 is 0 Å². The molecule has 0 aromatic heterocycles. The van der Waals surface area contributed by atoms with Gasteiger partial charge in [-0.1, -0.05) is 89.3 Å². The van der Waals surface area contributed by atoms with Crippen LogP contribution in [0.25, 0.3) is 0 Å². The molecule has 2 N–H and O–H groups in total. The second kappa shape index (κ2) is 16.7. The van der Waals surface area contributed by atoms with Crippen molar-refractivity contribution < 1.29 is 9.59 Å². The van der Waals surface area contributed by atoms with E-state index in [1.165, 1.54) is 57.8 Å². The van der Waals surface area contributed by atoms with Gasteiger partial charge >= 0.3 is 6.03 Å². The van der Waals surface area contributed by atoms with Gasteiger partial charge in [0.25, 0.3) is 0 Å². The van der Waals surface area contributed by atoms with Gasteiger partial charge < -0.3 is 20.4 Å². The summed E-state index contributed by atoms with van der Waals surface area (Å²) in [6.45, 7) is 5.18. The molecule has 3 amide bonds. The second-order valence-corrected chi connectivity index (χ2v) is 10.2. The molecule has 0 radical (unpaired) electrons. The number of anilines is 3. The van der Waals surface area contributed by atoms with Crippen LogP contribution in [0.3, 0.4) is 0 Å². The first-order valence-electron chi connectivity index (χ1n) is 14.4. The SMILES string of the molecule is CCCCCCCCCCCCCC(=O)Nc1ccc(N2CCN(C(=O)Nc3ccccc3)CC2)cc1. The zero-order chi connectivity index (χ0) is 26.1. The first-order chi connectivity index (χ1) is 18.2. The Balaban J connectivity index is 1.26. The number of unbranched alkanes of at least 4 members (excludes halogenated alkanes) is 10. The summed E-state index contributed by atoms with van der Waals surface area (Å²) in [7, 11) is 0. The maximum absolute atomic E-state index is 12.5. The van der Waals surface area contributed by atoms with Crippen molar-refractivity contribution in [1.29, 1.82) is 0 Å². The van der Waals surface area contributed by atoms with Gasteiger partial charge in [-0.25, -0.2) is 4.79 Å². The van der Waals surface area contributed by atoms with Gasteiger partial charge in [-0.15, -0.1) is 0 Å². The summed E-state index contributed by atoms with van der Waals surface area (Å²) in [6, 6.07) is 17.6. The minimum Gasteiger partial charge on any atom is -0.368 e. The number of carbonyl (C=O) groups excluding carboxylic acids is 2.